The van der Waals surface area contributed by atoms with Gasteiger partial charge in [0, 0.05) is 79.5 Å². The van der Waals surface area contributed by atoms with Gasteiger partial charge in [0.05, 0.1) is 5.56 Å². The Morgan fingerprint density at radius 2 is 1.60 bits per heavy atom. The number of hydrogen-bond donors (Lipinski definition) is 0. The van der Waals surface area contributed by atoms with Crippen molar-refractivity contribution in [2.24, 2.45) is 0 Å². The van der Waals surface area contributed by atoms with E-state index < -0.39 is 17.5 Å². The average molecular weight is 606 g/mol. The Balaban J connectivity index is 1.29. The predicted octanol–water partition coefficient (Wildman–Crippen LogP) is 7.13. The molecule has 4 aromatic rings. The van der Waals surface area contributed by atoms with Crippen LogP contribution in [0.3, 0.4) is 0 Å². The fourth-order valence-electron chi connectivity index (χ4n) is 5.41. The summed E-state index contributed by atoms with van der Waals surface area (Å²) < 4.78 is 42.2. The molecule has 0 amide bonds. The van der Waals surface area contributed by atoms with Crippen molar-refractivity contribution in [3.05, 3.63) is 111 Å². The zero-order valence-electron chi connectivity index (χ0n) is 24.3. The number of carbonyl (C=O) groups excluding carboxylic acids is 2. The molecule has 9 heteroatoms. The average Bonchev–Trinajstić information content (AvgIpc) is 3.54. The third kappa shape index (κ3) is 7.65. The molecule has 1 fully saturated rings. The Labute approximate surface area is 254 Å². The molecule has 5 rings (SSSR count). The van der Waals surface area contributed by atoms with E-state index in [-0.39, 0.29) is 36.3 Å². The van der Waals surface area contributed by atoms with Gasteiger partial charge in [0.2, 0.25) is 0 Å². The number of ketones is 2. The van der Waals surface area contributed by atoms with Crippen LogP contribution in [0, 0.1) is 6.92 Å². The fraction of sp³-hybridized carbons (Fsp3) is 0.324. The summed E-state index contributed by atoms with van der Waals surface area (Å²) in [6.45, 7) is 8.18. The van der Waals surface area contributed by atoms with E-state index in [0.717, 1.165) is 47.3 Å². The summed E-state index contributed by atoms with van der Waals surface area (Å²) in [6.07, 6.45) is -1.22. The second-order valence-corrected chi connectivity index (χ2v) is 11.9. The molecule has 0 saturated carbocycles. The third-order valence-corrected chi connectivity index (χ3v) is 8.96. The van der Waals surface area contributed by atoms with Crippen LogP contribution in [0.4, 0.5) is 13.2 Å². The first-order chi connectivity index (χ1) is 20.6. The summed E-state index contributed by atoms with van der Waals surface area (Å²) in [7, 11) is 0. The van der Waals surface area contributed by atoms with Gasteiger partial charge >= 0.3 is 6.18 Å². The number of likely N-dealkylation sites (N-methyl/N-ethyl adjacent to an activating group) is 1. The first-order valence-electron chi connectivity index (χ1n) is 14.4. The smallest absolute Gasteiger partial charge is 0.301 e. The van der Waals surface area contributed by atoms with Crippen molar-refractivity contribution in [1.82, 2.24) is 14.8 Å². The number of hydrogen-bond acceptors (Lipinski definition) is 6. The topological polar surface area (TPSA) is 53.5 Å². The van der Waals surface area contributed by atoms with Crippen LogP contribution in [-0.2, 0) is 25.6 Å². The Bertz CT molecular complexity index is 1590. The molecule has 224 valence electrons. The highest BCUT2D eigenvalue weighted by molar-refractivity contribution is 7.13. The quantitative estimate of drug-likeness (QED) is 0.180. The zero-order valence-corrected chi connectivity index (χ0v) is 25.1. The minimum Gasteiger partial charge on any atom is -0.301 e. The molecule has 0 spiro atoms. The zero-order chi connectivity index (χ0) is 30.6. The molecule has 43 heavy (non-hydrogen) atoms. The lowest BCUT2D eigenvalue weighted by atomic mass is 9.94. The lowest BCUT2D eigenvalue weighted by Crippen LogP contribution is -2.45. The van der Waals surface area contributed by atoms with Crippen LogP contribution in [0.5, 0.6) is 0 Å². The second-order valence-electron chi connectivity index (χ2n) is 11.0. The molecule has 0 radical (unpaired) electrons. The van der Waals surface area contributed by atoms with Crippen molar-refractivity contribution in [2.45, 2.75) is 39.4 Å². The summed E-state index contributed by atoms with van der Waals surface area (Å²) in [5.74, 6) is -0.499. The minimum atomic E-state index is -4.57. The van der Waals surface area contributed by atoms with Gasteiger partial charge in [-0.15, -0.1) is 11.3 Å². The van der Waals surface area contributed by atoms with Gasteiger partial charge in [-0.1, -0.05) is 43.3 Å². The van der Waals surface area contributed by atoms with Crippen LogP contribution in [-0.4, -0.2) is 59.1 Å². The number of aryl methyl sites for hydroxylation is 1. The molecule has 0 bridgehead atoms. The summed E-state index contributed by atoms with van der Waals surface area (Å²) in [4.78, 5) is 35.9. The van der Waals surface area contributed by atoms with Gasteiger partial charge in [-0.3, -0.25) is 19.5 Å². The summed E-state index contributed by atoms with van der Waals surface area (Å²) in [6, 6.07) is 15.1. The normalized spacial score (nSPS) is 14.6. The number of nitrogens with zero attached hydrogens (tertiary/aromatic N) is 3. The van der Waals surface area contributed by atoms with E-state index in [1.807, 2.05) is 41.5 Å². The molecule has 0 N–H and O–H groups in total. The number of pyridine rings is 1. The van der Waals surface area contributed by atoms with Gasteiger partial charge in [0.1, 0.15) is 0 Å². The van der Waals surface area contributed by atoms with E-state index in [4.69, 9.17) is 0 Å². The minimum absolute atomic E-state index is 0.0292. The van der Waals surface area contributed by atoms with Crippen LogP contribution in [0.15, 0.2) is 72.4 Å². The Morgan fingerprint density at radius 1 is 0.860 bits per heavy atom. The van der Waals surface area contributed by atoms with Crippen LogP contribution in [0.1, 0.15) is 55.5 Å². The number of thiophene rings is 1. The SMILES string of the molecule is CCN1CCN(Cc2ccc(C(=O)Cc3ccc(C)c(CC(=O)c4cncc(-c5cccs5)c4)c3)cc2C(F)(F)F)CC1. The van der Waals surface area contributed by atoms with E-state index in [0.29, 0.717) is 24.2 Å². The monoisotopic (exact) mass is 605 g/mol. The van der Waals surface area contributed by atoms with Crippen molar-refractivity contribution in [1.29, 1.82) is 0 Å². The molecule has 0 aliphatic carbocycles. The molecule has 0 unspecified atom stereocenters. The Kier molecular flexibility index (Phi) is 9.54. The number of rotatable bonds is 10. The molecule has 3 heterocycles. The van der Waals surface area contributed by atoms with E-state index in [1.54, 1.807) is 35.9 Å². The maximum atomic E-state index is 14.1. The number of Topliss-reactive ketones (excluding diaryl/α,β-unsaturated/α-hetero) is 2. The molecule has 1 aliphatic heterocycles. The third-order valence-electron chi connectivity index (χ3n) is 8.04. The van der Waals surface area contributed by atoms with Gasteiger partial charge in [0.15, 0.2) is 11.6 Å². The number of aromatic nitrogens is 1. The molecule has 0 atom stereocenters. The highest BCUT2D eigenvalue weighted by Gasteiger charge is 2.34. The van der Waals surface area contributed by atoms with Crippen molar-refractivity contribution >= 4 is 22.9 Å². The molecule has 2 aromatic carbocycles. The Morgan fingerprint density at radius 3 is 2.30 bits per heavy atom. The maximum absolute atomic E-state index is 14.1. The number of carbonyl (C=O) groups is 2. The van der Waals surface area contributed by atoms with Crippen molar-refractivity contribution in [3.8, 4) is 10.4 Å². The summed E-state index contributed by atoms with van der Waals surface area (Å²) in [5, 5.41) is 1.97. The molecule has 1 aliphatic rings. The van der Waals surface area contributed by atoms with E-state index >= 15 is 0 Å². The Hall–Kier alpha value is -3.66. The lowest BCUT2D eigenvalue weighted by Gasteiger charge is -2.34. The van der Waals surface area contributed by atoms with E-state index in [2.05, 4.69) is 16.8 Å². The first kappa shape index (κ1) is 30.8. The molecule has 2 aromatic heterocycles. The van der Waals surface area contributed by atoms with E-state index in [9.17, 15) is 22.8 Å². The highest BCUT2D eigenvalue weighted by atomic mass is 32.1. The van der Waals surface area contributed by atoms with Crippen LogP contribution in [0.2, 0.25) is 0 Å². The molecule has 5 nitrogen and oxygen atoms in total. The van der Waals surface area contributed by atoms with E-state index in [1.165, 1.54) is 12.1 Å². The van der Waals surface area contributed by atoms with Gasteiger partial charge < -0.3 is 4.90 Å². The van der Waals surface area contributed by atoms with Crippen LogP contribution < -0.4 is 0 Å². The van der Waals surface area contributed by atoms with Gasteiger partial charge in [-0.2, -0.15) is 13.2 Å². The maximum Gasteiger partial charge on any atom is 0.416 e. The largest absolute Gasteiger partial charge is 0.416 e. The van der Waals surface area contributed by atoms with Gasteiger partial charge in [0.25, 0.3) is 0 Å². The summed E-state index contributed by atoms with van der Waals surface area (Å²) >= 11 is 1.57. The van der Waals surface area contributed by atoms with Crippen molar-refractivity contribution in [3.63, 3.8) is 0 Å². The lowest BCUT2D eigenvalue weighted by molar-refractivity contribution is -0.138. The molecule has 1 saturated heterocycles. The highest BCUT2D eigenvalue weighted by Crippen LogP contribution is 2.34. The number of benzene rings is 2. The number of alkyl halides is 3. The summed E-state index contributed by atoms with van der Waals surface area (Å²) in [5.41, 5.74) is 3.14. The van der Waals surface area contributed by atoms with Gasteiger partial charge in [-0.25, -0.2) is 0 Å². The second kappa shape index (κ2) is 13.3. The standard InChI is InChI=1S/C34H34F3N3O2S/c1-3-39-10-12-40(13-11-39)22-26-9-8-25(18-30(26)34(35,36)37)31(41)16-24-7-6-23(2)27(15-24)19-32(42)28-17-29(21-38-20-28)33-5-4-14-43-33/h4-9,14-15,17-18,20-21H,3,10-13,16,19,22H2,1-2H3. The van der Waals surface area contributed by atoms with Crippen LogP contribution in [0.25, 0.3) is 10.4 Å². The fourth-order valence-corrected chi connectivity index (χ4v) is 6.12. The van der Waals surface area contributed by atoms with Crippen LogP contribution >= 0.6 is 11.3 Å². The number of piperazine rings is 1. The number of halogens is 3. The van der Waals surface area contributed by atoms with Gasteiger partial charge in [-0.05, 0) is 59.3 Å². The molecular weight excluding hydrogens is 571 g/mol. The first-order valence-corrected chi connectivity index (χ1v) is 15.3. The van der Waals surface area contributed by atoms with Crippen molar-refractivity contribution < 1.29 is 22.8 Å². The van der Waals surface area contributed by atoms with Crippen molar-refractivity contribution in [2.75, 3.05) is 32.7 Å². The predicted molar refractivity (Wildman–Crippen MR) is 164 cm³/mol. The molecular formula is C34H34F3N3O2S.